The molecule has 8 N–H and O–H groups in total. The Balaban J connectivity index is 1.70. The third-order valence-electron chi connectivity index (χ3n) is 4.39. The van der Waals surface area contributed by atoms with Gasteiger partial charge < -0.3 is 27.1 Å². The molecule has 2 amide bonds. The van der Waals surface area contributed by atoms with Crippen LogP contribution in [-0.2, 0) is 14.4 Å². The molecule has 0 aromatic carbocycles. The number of hydrogen-bond donors (Lipinski definition) is 6. The third-order valence-corrected chi connectivity index (χ3v) is 7.48. The SMILES string of the molecule is N=C(N)CC/C=C\SC1=C(C(=O)O)N2C(=O)C(NC(=O)/C(=N\O)c3csc(N)n3)[C@H]2SC1. The van der Waals surface area contributed by atoms with Gasteiger partial charge in [-0.1, -0.05) is 23.0 Å². The Morgan fingerprint density at radius 2 is 2.25 bits per heavy atom. The van der Waals surface area contributed by atoms with E-state index >= 15 is 0 Å². The number of amides is 2. The fourth-order valence-corrected chi connectivity index (χ4v) is 5.85. The number of thioether (sulfide) groups is 2. The summed E-state index contributed by atoms with van der Waals surface area (Å²) < 4.78 is 0. The summed E-state index contributed by atoms with van der Waals surface area (Å²) >= 11 is 3.55. The minimum absolute atomic E-state index is 0.0630. The fourth-order valence-electron chi connectivity index (χ4n) is 2.94. The summed E-state index contributed by atoms with van der Waals surface area (Å²) in [5, 5.41) is 34.2. The van der Waals surface area contributed by atoms with Gasteiger partial charge in [-0.15, -0.1) is 23.1 Å². The Bertz CT molecular complexity index is 1050. The highest BCUT2D eigenvalue weighted by molar-refractivity contribution is 8.08. The van der Waals surface area contributed by atoms with E-state index in [1.54, 1.807) is 11.5 Å². The van der Waals surface area contributed by atoms with Gasteiger partial charge in [-0.2, -0.15) is 0 Å². The molecule has 1 aromatic rings. The molecule has 0 radical (unpaired) electrons. The summed E-state index contributed by atoms with van der Waals surface area (Å²) in [6, 6.07) is -0.979. The highest BCUT2D eigenvalue weighted by atomic mass is 32.2. The Labute approximate surface area is 194 Å². The second-order valence-corrected chi connectivity index (χ2v) is 9.51. The lowest BCUT2D eigenvalue weighted by molar-refractivity contribution is -0.150. The van der Waals surface area contributed by atoms with Gasteiger partial charge in [-0.05, 0) is 11.8 Å². The molecule has 1 saturated heterocycles. The van der Waals surface area contributed by atoms with Crippen molar-refractivity contribution in [2.75, 3.05) is 11.5 Å². The van der Waals surface area contributed by atoms with Crippen molar-refractivity contribution in [3.63, 3.8) is 0 Å². The minimum atomic E-state index is -1.25. The lowest BCUT2D eigenvalue weighted by Gasteiger charge is -2.49. The number of β-lactam (4-membered cyclic amide) rings is 1. The van der Waals surface area contributed by atoms with E-state index in [1.807, 2.05) is 0 Å². The number of carbonyl (C=O) groups is 3. The van der Waals surface area contributed by atoms with Crippen molar-refractivity contribution >= 4 is 69.3 Å². The molecule has 170 valence electrons. The van der Waals surface area contributed by atoms with Gasteiger partial charge in [0, 0.05) is 22.5 Å². The van der Waals surface area contributed by atoms with Crippen molar-refractivity contribution in [1.82, 2.24) is 15.2 Å². The molecule has 15 heteroatoms. The van der Waals surface area contributed by atoms with E-state index in [0.717, 1.165) is 16.2 Å². The number of anilines is 1. The average Bonchev–Trinajstić information content (AvgIpc) is 3.17. The molecule has 1 aromatic heterocycles. The first-order chi connectivity index (χ1) is 15.2. The van der Waals surface area contributed by atoms with Crippen molar-refractivity contribution in [3.05, 3.63) is 33.2 Å². The summed E-state index contributed by atoms with van der Waals surface area (Å²) in [6.45, 7) is 0. The van der Waals surface area contributed by atoms with Crippen LogP contribution < -0.4 is 16.8 Å². The highest BCUT2D eigenvalue weighted by Crippen LogP contribution is 2.43. The molecule has 1 unspecified atom stereocenters. The molecule has 0 saturated carbocycles. The largest absolute Gasteiger partial charge is 0.477 e. The first kappa shape index (κ1) is 23.6. The number of aliphatic carboxylic acids is 1. The molecule has 3 rings (SSSR count). The van der Waals surface area contributed by atoms with Crippen LogP contribution in [0.25, 0.3) is 0 Å². The number of hydrogen-bond acceptors (Lipinski definition) is 11. The normalized spacial score (nSPS) is 20.8. The Morgan fingerprint density at radius 3 is 2.84 bits per heavy atom. The van der Waals surface area contributed by atoms with Gasteiger partial charge >= 0.3 is 5.97 Å². The number of nitrogens with two attached hydrogens (primary N) is 2. The zero-order valence-corrected chi connectivity index (χ0v) is 18.8. The van der Waals surface area contributed by atoms with Crippen LogP contribution in [0.15, 0.2) is 32.6 Å². The van der Waals surface area contributed by atoms with Crippen LogP contribution in [0.3, 0.4) is 0 Å². The van der Waals surface area contributed by atoms with E-state index in [9.17, 15) is 24.7 Å². The topological polar surface area (TPSA) is 208 Å². The Hall–Kier alpha value is -3.04. The molecular formula is C17H19N7O5S3. The smallest absolute Gasteiger partial charge is 0.353 e. The molecule has 32 heavy (non-hydrogen) atoms. The van der Waals surface area contributed by atoms with E-state index < -0.39 is 34.9 Å². The summed E-state index contributed by atoms with van der Waals surface area (Å²) in [4.78, 5) is 42.6. The van der Waals surface area contributed by atoms with Gasteiger partial charge in [-0.3, -0.25) is 19.9 Å². The number of nitrogens with zero attached hydrogens (tertiary/aromatic N) is 3. The number of amidine groups is 1. The fraction of sp³-hybridized carbons (Fsp3) is 0.294. The zero-order chi connectivity index (χ0) is 23.4. The van der Waals surface area contributed by atoms with E-state index in [2.05, 4.69) is 15.5 Å². The zero-order valence-electron chi connectivity index (χ0n) is 16.3. The number of carbonyl (C=O) groups excluding carboxylic acids is 2. The van der Waals surface area contributed by atoms with E-state index in [1.165, 1.54) is 28.9 Å². The van der Waals surface area contributed by atoms with Crippen molar-refractivity contribution in [2.45, 2.75) is 24.3 Å². The summed E-state index contributed by atoms with van der Waals surface area (Å²) in [5.74, 6) is -2.27. The number of allylic oxidation sites excluding steroid dienone is 1. The predicted octanol–water partition coefficient (Wildman–Crippen LogP) is 0.563. The maximum Gasteiger partial charge on any atom is 0.353 e. The standard InChI is InChI=1S/C17H19N7O5S3/c18-9(19)3-1-2-4-30-8-6-31-15-11(14(26)24(15)12(8)16(27)28)22-13(25)10(23-29)7-5-32-17(20)21-7/h2,4-5,11,15,29H,1,3,6H2,(H3,18,19)(H2,20,21)(H,22,25)(H,27,28)/b4-2-,23-10-/t11?,15-/m1/s1. The molecule has 0 aliphatic carbocycles. The predicted molar refractivity (Wildman–Crippen MR) is 122 cm³/mol. The van der Waals surface area contributed by atoms with Gasteiger partial charge in [-0.25, -0.2) is 9.78 Å². The number of nitrogen functional groups attached to an aromatic ring is 1. The quantitative estimate of drug-likeness (QED) is 0.0918. The van der Waals surface area contributed by atoms with E-state index in [-0.39, 0.29) is 22.4 Å². The maximum absolute atomic E-state index is 12.7. The summed E-state index contributed by atoms with van der Waals surface area (Å²) in [7, 11) is 0. The molecule has 2 aliphatic rings. The number of fused-ring (bicyclic) bond motifs is 1. The van der Waals surface area contributed by atoms with Crippen LogP contribution in [0.2, 0.25) is 0 Å². The number of aromatic nitrogens is 1. The Kier molecular flexibility index (Phi) is 7.42. The molecule has 3 heterocycles. The van der Waals surface area contributed by atoms with Crippen molar-refractivity contribution < 1.29 is 24.7 Å². The van der Waals surface area contributed by atoms with E-state index in [4.69, 9.17) is 16.9 Å². The molecule has 2 atom stereocenters. The van der Waals surface area contributed by atoms with E-state index in [0.29, 0.717) is 23.5 Å². The lowest BCUT2D eigenvalue weighted by Crippen LogP contribution is -2.71. The molecule has 0 bridgehead atoms. The van der Waals surface area contributed by atoms with Crippen LogP contribution >= 0.6 is 34.9 Å². The van der Waals surface area contributed by atoms with Crippen LogP contribution in [0.5, 0.6) is 0 Å². The number of oxime groups is 1. The van der Waals surface area contributed by atoms with Crippen LogP contribution in [-0.4, -0.2) is 66.7 Å². The first-order valence-electron chi connectivity index (χ1n) is 9.04. The molecule has 12 nitrogen and oxygen atoms in total. The third kappa shape index (κ3) is 4.89. The van der Waals surface area contributed by atoms with Crippen LogP contribution in [0, 0.1) is 5.41 Å². The first-order valence-corrected chi connectivity index (χ1v) is 11.8. The highest BCUT2D eigenvalue weighted by Gasteiger charge is 2.54. The second kappa shape index (κ2) is 10.1. The van der Waals surface area contributed by atoms with Crippen molar-refractivity contribution in [2.24, 2.45) is 10.9 Å². The number of nitrogens with one attached hydrogen (secondary N) is 2. The molecular weight excluding hydrogens is 478 g/mol. The Morgan fingerprint density at radius 1 is 1.50 bits per heavy atom. The second-order valence-electron chi connectivity index (χ2n) is 6.51. The molecule has 2 aliphatic heterocycles. The maximum atomic E-state index is 12.7. The van der Waals surface area contributed by atoms with Crippen molar-refractivity contribution in [1.29, 1.82) is 5.41 Å². The molecule has 0 spiro atoms. The van der Waals surface area contributed by atoms with Gasteiger partial charge in [0.25, 0.3) is 11.8 Å². The summed E-state index contributed by atoms with van der Waals surface area (Å²) in [5.41, 5.74) is 10.4. The van der Waals surface area contributed by atoms with Crippen molar-refractivity contribution in [3.8, 4) is 0 Å². The van der Waals surface area contributed by atoms with Crippen LogP contribution in [0.1, 0.15) is 18.5 Å². The van der Waals surface area contributed by atoms with Crippen LogP contribution in [0.4, 0.5) is 5.13 Å². The average molecular weight is 498 g/mol. The number of carboxylic acid groups (broad SMARTS) is 1. The number of carboxylic acids is 1. The lowest BCUT2D eigenvalue weighted by atomic mass is 10.0. The summed E-state index contributed by atoms with van der Waals surface area (Å²) in [6.07, 6.45) is 2.72. The number of thiazole rings is 1. The van der Waals surface area contributed by atoms with Gasteiger partial charge in [0.1, 0.15) is 22.8 Å². The van der Waals surface area contributed by atoms with Gasteiger partial charge in [0.15, 0.2) is 10.8 Å². The monoisotopic (exact) mass is 497 g/mol. The number of rotatable bonds is 9. The van der Waals surface area contributed by atoms with Gasteiger partial charge in [0.05, 0.1) is 5.84 Å². The molecule has 1 fully saturated rings. The minimum Gasteiger partial charge on any atom is -0.477 e. The van der Waals surface area contributed by atoms with Gasteiger partial charge in [0.2, 0.25) is 0 Å².